The number of hydrogen-bond acceptors (Lipinski definition) is 5. The van der Waals surface area contributed by atoms with E-state index < -0.39 is 18.6 Å². The summed E-state index contributed by atoms with van der Waals surface area (Å²) < 4.78 is 5.53. The summed E-state index contributed by atoms with van der Waals surface area (Å²) in [6.45, 7) is 3.46. The van der Waals surface area contributed by atoms with Gasteiger partial charge in [-0.05, 0) is 34.4 Å². The molecular formula is C27H25N3O5. The molecule has 1 heterocycles. The van der Waals surface area contributed by atoms with Crippen molar-refractivity contribution in [2.45, 2.75) is 12.3 Å². The van der Waals surface area contributed by atoms with Crippen LogP contribution in [0.4, 0.5) is 10.5 Å². The van der Waals surface area contributed by atoms with Gasteiger partial charge in [-0.1, -0.05) is 54.6 Å². The van der Waals surface area contributed by atoms with E-state index in [4.69, 9.17) is 9.84 Å². The van der Waals surface area contributed by atoms with Crippen LogP contribution in [0.15, 0.2) is 79.5 Å². The molecule has 3 aromatic rings. The van der Waals surface area contributed by atoms with E-state index in [2.05, 4.69) is 41.1 Å². The summed E-state index contributed by atoms with van der Waals surface area (Å²) in [6, 6.07) is 19.4. The van der Waals surface area contributed by atoms with E-state index in [1.165, 1.54) is 17.2 Å². The number of rotatable bonds is 9. The molecule has 2 amide bonds. The van der Waals surface area contributed by atoms with E-state index >= 15 is 0 Å². The van der Waals surface area contributed by atoms with Gasteiger partial charge in [0, 0.05) is 18.2 Å². The van der Waals surface area contributed by atoms with Gasteiger partial charge in [-0.15, -0.1) is 6.58 Å². The predicted molar refractivity (Wildman–Crippen MR) is 131 cm³/mol. The molecule has 178 valence electrons. The van der Waals surface area contributed by atoms with E-state index in [0.29, 0.717) is 11.4 Å². The number of amides is 2. The molecule has 0 saturated heterocycles. The summed E-state index contributed by atoms with van der Waals surface area (Å²) in [5.74, 6) is -1.52. The minimum atomic E-state index is -1.10. The Morgan fingerprint density at radius 3 is 2.26 bits per heavy atom. The summed E-state index contributed by atoms with van der Waals surface area (Å²) in [5.41, 5.74) is 5.44. The zero-order valence-corrected chi connectivity index (χ0v) is 19.0. The van der Waals surface area contributed by atoms with Crippen molar-refractivity contribution in [3.05, 3.63) is 96.3 Å². The van der Waals surface area contributed by atoms with Crippen LogP contribution < -0.4 is 5.32 Å². The van der Waals surface area contributed by atoms with Crippen LogP contribution in [0.1, 0.15) is 22.7 Å². The first-order valence-corrected chi connectivity index (χ1v) is 11.1. The van der Waals surface area contributed by atoms with Gasteiger partial charge in [0.2, 0.25) is 5.91 Å². The summed E-state index contributed by atoms with van der Waals surface area (Å²) >= 11 is 0. The third kappa shape index (κ3) is 5.55. The Bertz CT molecular complexity index is 1210. The molecule has 35 heavy (non-hydrogen) atoms. The third-order valence-electron chi connectivity index (χ3n) is 5.78. The Hall–Kier alpha value is -4.46. The number of carbonyl (C=O) groups excluding carboxylic acids is 2. The predicted octanol–water partition coefficient (Wildman–Crippen LogP) is 4.08. The number of hydrogen-bond donors (Lipinski definition) is 2. The van der Waals surface area contributed by atoms with Gasteiger partial charge in [-0.25, -0.2) is 4.79 Å². The van der Waals surface area contributed by atoms with E-state index in [1.807, 2.05) is 24.3 Å². The largest absolute Gasteiger partial charge is 0.480 e. The number of aliphatic carboxylic acids is 1. The molecule has 2 aromatic carbocycles. The molecular weight excluding hydrogens is 446 g/mol. The van der Waals surface area contributed by atoms with Gasteiger partial charge in [-0.2, -0.15) is 0 Å². The molecule has 1 aromatic heterocycles. The molecule has 8 nitrogen and oxygen atoms in total. The minimum absolute atomic E-state index is 0.0380. The van der Waals surface area contributed by atoms with Gasteiger partial charge in [0.1, 0.15) is 13.2 Å². The fourth-order valence-corrected chi connectivity index (χ4v) is 4.20. The highest BCUT2D eigenvalue weighted by atomic mass is 16.5. The van der Waals surface area contributed by atoms with Gasteiger partial charge in [0.25, 0.3) is 0 Å². The fourth-order valence-electron chi connectivity index (χ4n) is 4.20. The summed E-state index contributed by atoms with van der Waals surface area (Å²) in [4.78, 5) is 41.1. The average Bonchev–Trinajstić information content (AvgIpc) is 3.17. The summed E-state index contributed by atoms with van der Waals surface area (Å²) in [6.07, 6.45) is 2.23. The van der Waals surface area contributed by atoms with Crippen LogP contribution in [0, 0.1) is 0 Å². The molecule has 2 N–H and O–H groups in total. The van der Waals surface area contributed by atoms with Crippen molar-refractivity contribution in [1.29, 1.82) is 0 Å². The van der Waals surface area contributed by atoms with Gasteiger partial charge < -0.3 is 14.7 Å². The molecule has 0 spiro atoms. The van der Waals surface area contributed by atoms with E-state index in [0.717, 1.165) is 22.3 Å². The van der Waals surface area contributed by atoms with E-state index in [-0.39, 0.29) is 31.4 Å². The molecule has 0 fully saturated rings. The maximum absolute atomic E-state index is 12.4. The first-order valence-electron chi connectivity index (χ1n) is 11.1. The number of carboxylic acid groups (broad SMARTS) is 1. The van der Waals surface area contributed by atoms with Crippen molar-refractivity contribution in [2.24, 2.45) is 0 Å². The second-order valence-electron chi connectivity index (χ2n) is 8.12. The lowest BCUT2D eigenvalue weighted by Gasteiger charge is -2.18. The molecule has 0 radical (unpaired) electrons. The second kappa shape index (κ2) is 10.6. The monoisotopic (exact) mass is 471 g/mol. The van der Waals surface area contributed by atoms with Crippen molar-refractivity contribution < 1.29 is 24.2 Å². The molecule has 0 unspecified atom stereocenters. The molecule has 0 aliphatic heterocycles. The van der Waals surface area contributed by atoms with Gasteiger partial charge in [-0.3, -0.25) is 19.9 Å². The van der Waals surface area contributed by atoms with Crippen molar-refractivity contribution >= 4 is 23.7 Å². The van der Waals surface area contributed by atoms with Crippen LogP contribution in [0.25, 0.3) is 11.1 Å². The smallest absolute Gasteiger partial charge is 0.411 e. The van der Waals surface area contributed by atoms with Crippen LogP contribution in [0.3, 0.4) is 0 Å². The van der Waals surface area contributed by atoms with Gasteiger partial charge in [0.15, 0.2) is 0 Å². The summed E-state index contributed by atoms with van der Waals surface area (Å²) in [5, 5.41) is 11.6. The number of carbonyl (C=O) groups is 3. The number of anilines is 1. The van der Waals surface area contributed by atoms with Crippen LogP contribution in [0.2, 0.25) is 0 Å². The standard InChI is InChI=1S/C27H25N3O5/c1-2-13-30(16-26(32)33)25(31)14-18-11-12-19(15-28-18)29-27(34)35-17-24-22-9-5-3-7-20(22)21-8-4-6-10-23(21)24/h2-12,15,24H,1,13-14,16-17H2,(H,29,34)(H,32,33). The van der Waals surface area contributed by atoms with Crippen LogP contribution in [0.5, 0.6) is 0 Å². The average molecular weight is 472 g/mol. The zero-order valence-electron chi connectivity index (χ0n) is 19.0. The Balaban J connectivity index is 1.34. The molecule has 1 aliphatic carbocycles. The number of benzene rings is 2. The van der Waals surface area contributed by atoms with E-state index in [1.54, 1.807) is 12.1 Å². The number of aromatic nitrogens is 1. The molecule has 0 atom stereocenters. The van der Waals surface area contributed by atoms with Crippen LogP contribution >= 0.6 is 0 Å². The highest BCUT2D eigenvalue weighted by molar-refractivity contribution is 5.85. The molecule has 4 rings (SSSR count). The first kappa shape index (κ1) is 23.7. The molecule has 1 aliphatic rings. The zero-order chi connectivity index (χ0) is 24.8. The fraction of sp³-hybridized carbons (Fsp3) is 0.185. The lowest BCUT2D eigenvalue weighted by atomic mass is 9.98. The minimum Gasteiger partial charge on any atom is -0.480 e. The number of nitrogens with zero attached hydrogens (tertiary/aromatic N) is 2. The normalized spacial score (nSPS) is 11.8. The lowest BCUT2D eigenvalue weighted by Crippen LogP contribution is -2.36. The van der Waals surface area contributed by atoms with Crippen LogP contribution in [-0.4, -0.2) is 52.7 Å². The number of fused-ring (bicyclic) bond motifs is 3. The Kier molecular flexibility index (Phi) is 7.21. The number of pyridine rings is 1. The van der Waals surface area contributed by atoms with Crippen molar-refractivity contribution in [3.8, 4) is 11.1 Å². The third-order valence-corrected chi connectivity index (χ3v) is 5.78. The quantitative estimate of drug-likeness (QED) is 0.455. The van der Waals surface area contributed by atoms with Gasteiger partial charge in [0.05, 0.1) is 18.3 Å². The first-order chi connectivity index (χ1) is 17.0. The summed E-state index contributed by atoms with van der Waals surface area (Å²) in [7, 11) is 0. The van der Waals surface area contributed by atoms with E-state index in [9.17, 15) is 14.4 Å². The van der Waals surface area contributed by atoms with Crippen molar-refractivity contribution in [1.82, 2.24) is 9.88 Å². The topological polar surface area (TPSA) is 109 Å². The molecule has 0 bridgehead atoms. The highest BCUT2D eigenvalue weighted by Gasteiger charge is 2.29. The lowest BCUT2D eigenvalue weighted by molar-refractivity contribution is -0.143. The molecule has 8 heteroatoms. The SMILES string of the molecule is C=CCN(CC(=O)O)C(=O)Cc1ccc(NC(=O)OCC2c3ccccc3-c3ccccc32)cn1. The highest BCUT2D eigenvalue weighted by Crippen LogP contribution is 2.44. The Morgan fingerprint density at radius 2 is 1.69 bits per heavy atom. The Labute approximate surface area is 202 Å². The maximum atomic E-state index is 12.4. The Morgan fingerprint density at radius 1 is 1.03 bits per heavy atom. The maximum Gasteiger partial charge on any atom is 0.411 e. The number of carboxylic acids is 1. The number of ether oxygens (including phenoxy) is 1. The number of nitrogens with one attached hydrogen (secondary N) is 1. The van der Waals surface area contributed by atoms with Gasteiger partial charge >= 0.3 is 12.1 Å². The van der Waals surface area contributed by atoms with Crippen molar-refractivity contribution in [3.63, 3.8) is 0 Å². The van der Waals surface area contributed by atoms with Crippen LogP contribution in [-0.2, 0) is 20.7 Å². The van der Waals surface area contributed by atoms with Crippen molar-refractivity contribution in [2.75, 3.05) is 25.0 Å². The molecule has 0 saturated carbocycles. The second-order valence-corrected chi connectivity index (χ2v) is 8.12.